The van der Waals surface area contributed by atoms with E-state index in [0.29, 0.717) is 22.5 Å². The van der Waals surface area contributed by atoms with Crippen molar-refractivity contribution in [2.24, 2.45) is 0 Å². The smallest absolute Gasteiger partial charge is 0.143 e. The highest BCUT2D eigenvalue weighted by atomic mass is 16.3. The molecule has 0 spiro atoms. The molecule has 0 aliphatic carbocycles. The van der Waals surface area contributed by atoms with Crippen LogP contribution in [0.5, 0.6) is 0 Å². The quantitative estimate of drug-likeness (QED) is 0.159. The SMILES string of the molecule is [2H]c1c([2H])c([2H])c(-c2ccc(N(c3ccc(-c4cccc(-c5oc6ccccc6c5-c5ccccc5)c4)cc3)c3ccc(-c4c([2H])c([2H])c([2H])c([2H])c4[2H])cc3)cc2)c([2H])c1[2H]. The van der Waals surface area contributed by atoms with E-state index in [1.54, 1.807) is 24.3 Å². The van der Waals surface area contributed by atoms with Crippen molar-refractivity contribution in [1.82, 2.24) is 0 Å². The molecule has 0 unspecified atom stereocenters. The van der Waals surface area contributed by atoms with Crippen molar-refractivity contribution in [2.45, 2.75) is 0 Å². The summed E-state index contributed by atoms with van der Waals surface area (Å²) in [4.78, 5) is 1.98. The van der Waals surface area contributed by atoms with E-state index in [1.807, 2.05) is 102 Å². The maximum Gasteiger partial charge on any atom is 0.143 e. The standard InChI is InChI=1S/C50H35NO/c1-4-13-36(14-5-1)38-23-29-44(30-24-38)51(45-31-25-39(26-32-45)37-15-6-2-7-16-37)46-33-27-40(28-34-46)42-19-12-20-43(35-42)50-49(41-17-8-3-9-18-41)47-21-10-11-22-48(47)52-50/h1-35H/i1D,2D,4D,5D,6D,7D,13D,14D,15D,16D. The molecule has 1 heterocycles. The summed E-state index contributed by atoms with van der Waals surface area (Å²) in [6.45, 7) is 0. The number of fused-ring (bicyclic) bond motifs is 1. The van der Waals surface area contributed by atoms with Gasteiger partial charge in [-0.3, -0.25) is 0 Å². The summed E-state index contributed by atoms with van der Waals surface area (Å²) in [5, 5.41) is 1.03. The first-order chi connectivity index (χ1) is 29.9. The van der Waals surface area contributed by atoms with Crippen molar-refractivity contribution in [3.05, 3.63) is 212 Å². The monoisotopic (exact) mass is 675 g/mol. The van der Waals surface area contributed by atoms with Gasteiger partial charge in [0.15, 0.2) is 0 Å². The Hall–Kier alpha value is -6.90. The van der Waals surface area contributed by atoms with E-state index in [2.05, 4.69) is 30.3 Å². The number of rotatable bonds is 8. The molecule has 8 aromatic carbocycles. The molecule has 0 saturated heterocycles. The van der Waals surface area contributed by atoms with Gasteiger partial charge in [-0.2, -0.15) is 0 Å². The maximum atomic E-state index is 8.52. The Morgan fingerprint density at radius 3 is 1.38 bits per heavy atom. The second-order valence-corrected chi connectivity index (χ2v) is 12.2. The highest BCUT2D eigenvalue weighted by Crippen LogP contribution is 2.42. The Morgan fingerprint density at radius 1 is 0.365 bits per heavy atom. The minimum atomic E-state index is -0.458. The normalized spacial score (nSPS) is 13.8. The molecule has 0 fully saturated rings. The van der Waals surface area contributed by atoms with Gasteiger partial charge in [-0.15, -0.1) is 0 Å². The van der Waals surface area contributed by atoms with Crippen molar-refractivity contribution in [1.29, 1.82) is 0 Å². The Kier molecular flexibility index (Phi) is 5.84. The van der Waals surface area contributed by atoms with E-state index in [0.717, 1.165) is 50.2 Å². The molecule has 2 nitrogen and oxygen atoms in total. The average molecular weight is 676 g/mol. The van der Waals surface area contributed by atoms with Gasteiger partial charge in [0.1, 0.15) is 11.3 Å². The summed E-state index contributed by atoms with van der Waals surface area (Å²) in [6, 6.07) is 44.9. The van der Waals surface area contributed by atoms with Crippen molar-refractivity contribution < 1.29 is 18.1 Å². The summed E-state index contributed by atoms with van der Waals surface area (Å²) in [5.74, 6) is 0.779. The second kappa shape index (κ2) is 13.8. The summed E-state index contributed by atoms with van der Waals surface area (Å²) < 4.78 is 89.4. The third-order valence-electron chi connectivity index (χ3n) is 9.07. The van der Waals surface area contributed by atoms with Gasteiger partial charge < -0.3 is 9.32 Å². The largest absolute Gasteiger partial charge is 0.455 e. The van der Waals surface area contributed by atoms with Gasteiger partial charge in [0.2, 0.25) is 0 Å². The molecule has 0 saturated carbocycles. The van der Waals surface area contributed by atoms with E-state index < -0.39 is 36.3 Å². The number of hydrogen-bond acceptors (Lipinski definition) is 2. The lowest BCUT2D eigenvalue weighted by atomic mass is 9.96. The predicted molar refractivity (Wildman–Crippen MR) is 218 cm³/mol. The molecule has 0 N–H and O–H groups in total. The molecule has 246 valence electrons. The number of para-hydroxylation sites is 1. The summed E-state index contributed by atoms with van der Waals surface area (Å²) in [5.41, 5.74) is 9.05. The minimum Gasteiger partial charge on any atom is -0.455 e. The van der Waals surface area contributed by atoms with Crippen LogP contribution in [-0.4, -0.2) is 0 Å². The summed E-state index contributed by atoms with van der Waals surface area (Å²) in [6.07, 6.45) is 0. The number of anilines is 3. The average Bonchev–Trinajstić information content (AvgIpc) is 3.71. The zero-order valence-corrected chi connectivity index (χ0v) is 27.8. The molecule has 0 atom stereocenters. The van der Waals surface area contributed by atoms with E-state index >= 15 is 0 Å². The van der Waals surface area contributed by atoms with Crippen LogP contribution in [0, 0.1) is 0 Å². The zero-order valence-electron chi connectivity index (χ0n) is 37.8. The van der Waals surface area contributed by atoms with Crippen LogP contribution in [0.2, 0.25) is 0 Å². The van der Waals surface area contributed by atoms with Crippen LogP contribution in [0.4, 0.5) is 17.1 Å². The van der Waals surface area contributed by atoms with Gasteiger partial charge in [-0.25, -0.2) is 0 Å². The van der Waals surface area contributed by atoms with Gasteiger partial charge in [0, 0.05) is 33.6 Å². The lowest BCUT2D eigenvalue weighted by Gasteiger charge is -2.26. The van der Waals surface area contributed by atoms with Gasteiger partial charge in [0.05, 0.1) is 13.7 Å². The first kappa shape index (κ1) is 22.0. The topological polar surface area (TPSA) is 16.4 Å². The first-order valence-electron chi connectivity index (χ1n) is 21.9. The Labute approximate surface area is 318 Å². The first-order valence-corrected chi connectivity index (χ1v) is 16.9. The lowest BCUT2D eigenvalue weighted by molar-refractivity contribution is 0.632. The molecule has 0 aliphatic rings. The van der Waals surface area contributed by atoms with Crippen molar-refractivity contribution in [3.63, 3.8) is 0 Å². The number of hydrogen-bond donors (Lipinski definition) is 0. The van der Waals surface area contributed by atoms with Gasteiger partial charge in [-0.05, 0) is 87.5 Å². The van der Waals surface area contributed by atoms with E-state index in [-0.39, 0.29) is 35.3 Å². The van der Waals surface area contributed by atoms with Crippen molar-refractivity contribution >= 4 is 28.0 Å². The molecule has 1 aromatic heterocycles. The van der Waals surface area contributed by atoms with Crippen LogP contribution in [0.3, 0.4) is 0 Å². The molecule has 0 bridgehead atoms. The van der Waals surface area contributed by atoms with Crippen molar-refractivity contribution in [3.8, 4) is 55.8 Å². The molecule has 0 amide bonds. The fourth-order valence-electron chi connectivity index (χ4n) is 6.57. The van der Waals surface area contributed by atoms with E-state index in [9.17, 15) is 0 Å². The summed E-state index contributed by atoms with van der Waals surface area (Å²) >= 11 is 0. The zero-order chi connectivity index (χ0) is 43.4. The second-order valence-electron chi connectivity index (χ2n) is 12.2. The molecule has 9 rings (SSSR count). The fourth-order valence-corrected chi connectivity index (χ4v) is 6.57. The molecular weight excluding hydrogens is 631 g/mol. The Balaban J connectivity index is 1.12. The van der Waals surface area contributed by atoms with Crippen LogP contribution in [0.1, 0.15) is 13.7 Å². The minimum absolute atomic E-state index is 0.0993. The molecule has 0 radical (unpaired) electrons. The van der Waals surface area contributed by atoms with Crippen LogP contribution >= 0.6 is 0 Å². The van der Waals surface area contributed by atoms with Crippen LogP contribution in [-0.2, 0) is 0 Å². The third kappa shape index (κ3) is 6.08. The highest BCUT2D eigenvalue weighted by Gasteiger charge is 2.18. The molecule has 52 heavy (non-hydrogen) atoms. The van der Waals surface area contributed by atoms with Gasteiger partial charge in [-0.1, -0.05) is 164 Å². The van der Waals surface area contributed by atoms with Crippen LogP contribution in [0.15, 0.2) is 217 Å². The fraction of sp³-hybridized carbons (Fsp3) is 0. The third-order valence-corrected chi connectivity index (χ3v) is 9.07. The van der Waals surface area contributed by atoms with E-state index in [1.165, 1.54) is 0 Å². The predicted octanol–water partition coefficient (Wildman–Crippen LogP) is 14.2. The lowest BCUT2D eigenvalue weighted by Crippen LogP contribution is -2.09. The van der Waals surface area contributed by atoms with Crippen LogP contribution < -0.4 is 4.90 Å². The van der Waals surface area contributed by atoms with Crippen molar-refractivity contribution in [2.75, 3.05) is 4.90 Å². The molecule has 0 aliphatic heterocycles. The Bertz CT molecular complexity index is 3000. The van der Waals surface area contributed by atoms with Crippen LogP contribution in [0.25, 0.3) is 66.8 Å². The summed E-state index contributed by atoms with van der Waals surface area (Å²) in [7, 11) is 0. The highest BCUT2D eigenvalue weighted by molar-refractivity contribution is 6.02. The maximum absolute atomic E-state index is 8.52. The number of benzene rings is 8. The number of furan rings is 1. The molecule has 2 heteroatoms. The van der Waals surface area contributed by atoms with Gasteiger partial charge >= 0.3 is 0 Å². The van der Waals surface area contributed by atoms with Gasteiger partial charge in [0.25, 0.3) is 0 Å². The number of nitrogens with zero attached hydrogens (tertiary/aromatic N) is 1. The molecule has 9 aromatic rings. The van der Waals surface area contributed by atoms with E-state index in [4.69, 9.17) is 18.1 Å². The molecular formula is C50H35NO. The Morgan fingerprint density at radius 2 is 0.827 bits per heavy atom.